The SMILES string of the molecule is OC(CN(Cc1cccc(C(F)(F)C(F)(F)C(F)(F)F)c1)c1cccc(OCc2cccc(C(F)(F)F)c2)c1)C(F)(F)F. The van der Waals surface area contributed by atoms with Crippen LogP contribution in [0, 0.1) is 0 Å². The van der Waals surface area contributed by atoms with E-state index in [4.69, 9.17) is 4.74 Å². The van der Waals surface area contributed by atoms with Gasteiger partial charge in [-0.3, -0.25) is 0 Å². The number of rotatable bonds is 10. The van der Waals surface area contributed by atoms with E-state index in [0.717, 1.165) is 35.2 Å². The maximum Gasteiger partial charge on any atom is 0.460 e. The Hall–Kier alpha value is -3.69. The van der Waals surface area contributed by atoms with Crippen LogP contribution >= 0.6 is 0 Å². The molecule has 1 unspecified atom stereocenters. The smallest absolute Gasteiger partial charge is 0.460 e. The maximum atomic E-state index is 14.3. The highest BCUT2D eigenvalue weighted by atomic mass is 19.4. The van der Waals surface area contributed by atoms with Crippen molar-refractivity contribution in [2.45, 2.75) is 49.6 Å². The molecule has 3 nitrogen and oxygen atoms in total. The van der Waals surface area contributed by atoms with Gasteiger partial charge in [0.05, 0.1) is 12.1 Å². The molecule has 3 aromatic carbocycles. The van der Waals surface area contributed by atoms with Crippen LogP contribution in [0.3, 0.4) is 0 Å². The number of aliphatic hydroxyl groups is 1. The van der Waals surface area contributed by atoms with Gasteiger partial charge in [-0.25, -0.2) is 0 Å². The molecule has 1 N–H and O–H groups in total. The Morgan fingerprint density at radius 3 is 1.81 bits per heavy atom. The summed E-state index contributed by atoms with van der Waals surface area (Å²) < 4.78 is 177. The molecule has 3 aromatic rings. The molecule has 0 heterocycles. The molecule has 236 valence electrons. The standard InChI is InChI=1S/C27H20F13NO2/c28-23(29,26(36,37)27(38,39)40)18-6-1-4-16(10-18)13-41(14-22(42)25(33,34)35)20-8-3-9-21(12-20)43-15-17-5-2-7-19(11-17)24(30,31)32/h1-12,22,42H,13-15H2. The number of hydrogen-bond acceptors (Lipinski definition) is 3. The third kappa shape index (κ3) is 8.03. The topological polar surface area (TPSA) is 32.7 Å². The number of nitrogens with zero attached hydrogens (tertiary/aromatic N) is 1. The molecule has 16 heteroatoms. The van der Waals surface area contributed by atoms with E-state index >= 15 is 0 Å². The minimum atomic E-state index is -6.62. The molecular weight excluding hydrogens is 617 g/mol. The van der Waals surface area contributed by atoms with Gasteiger partial charge in [0, 0.05) is 23.9 Å². The second-order valence-electron chi connectivity index (χ2n) is 9.27. The van der Waals surface area contributed by atoms with Crippen molar-refractivity contribution in [1.82, 2.24) is 0 Å². The van der Waals surface area contributed by atoms with E-state index in [0.29, 0.717) is 12.1 Å². The van der Waals surface area contributed by atoms with Gasteiger partial charge in [-0.15, -0.1) is 0 Å². The summed E-state index contributed by atoms with van der Waals surface area (Å²) >= 11 is 0. The van der Waals surface area contributed by atoms with Crippen molar-refractivity contribution >= 4 is 5.69 Å². The molecule has 0 saturated carbocycles. The molecule has 0 radical (unpaired) electrons. The summed E-state index contributed by atoms with van der Waals surface area (Å²) in [5, 5.41) is 9.65. The number of anilines is 1. The Morgan fingerprint density at radius 1 is 0.674 bits per heavy atom. The van der Waals surface area contributed by atoms with Crippen LogP contribution in [-0.2, 0) is 25.3 Å². The second kappa shape index (κ2) is 12.1. The van der Waals surface area contributed by atoms with E-state index in [9.17, 15) is 62.2 Å². The van der Waals surface area contributed by atoms with Crippen molar-refractivity contribution in [3.63, 3.8) is 0 Å². The highest BCUT2D eigenvalue weighted by molar-refractivity contribution is 5.51. The third-order valence-corrected chi connectivity index (χ3v) is 6.03. The number of ether oxygens (including phenoxy) is 1. The zero-order valence-corrected chi connectivity index (χ0v) is 21.3. The quantitative estimate of drug-likeness (QED) is 0.227. The average Bonchev–Trinajstić information content (AvgIpc) is 2.90. The molecular formula is C27H20F13NO2. The minimum Gasteiger partial charge on any atom is -0.489 e. The van der Waals surface area contributed by atoms with Gasteiger partial charge >= 0.3 is 30.4 Å². The largest absolute Gasteiger partial charge is 0.489 e. The van der Waals surface area contributed by atoms with Gasteiger partial charge in [0.25, 0.3) is 0 Å². The van der Waals surface area contributed by atoms with E-state index in [1.165, 1.54) is 24.3 Å². The zero-order valence-electron chi connectivity index (χ0n) is 21.3. The summed E-state index contributed by atoms with van der Waals surface area (Å²) in [4.78, 5) is 0.772. The molecule has 3 rings (SSSR count). The molecule has 0 aliphatic rings. The van der Waals surface area contributed by atoms with E-state index in [-0.39, 0.29) is 23.1 Å². The fourth-order valence-electron chi connectivity index (χ4n) is 3.79. The van der Waals surface area contributed by atoms with Crippen LogP contribution in [0.2, 0.25) is 0 Å². The molecule has 0 spiro atoms. The van der Waals surface area contributed by atoms with Gasteiger partial charge in [0.1, 0.15) is 12.4 Å². The van der Waals surface area contributed by atoms with Crippen molar-refractivity contribution in [3.8, 4) is 5.75 Å². The normalized spacial score (nSPS) is 14.0. The zero-order chi connectivity index (χ0) is 32.4. The van der Waals surface area contributed by atoms with E-state index < -0.39 is 72.9 Å². The van der Waals surface area contributed by atoms with Gasteiger partial charge in [0.15, 0.2) is 6.10 Å². The molecule has 0 aliphatic heterocycles. The van der Waals surface area contributed by atoms with E-state index in [2.05, 4.69) is 0 Å². The molecule has 0 bridgehead atoms. The summed E-state index contributed by atoms with van der Waals surface area (Å²) in [5.74, 6) is -12.3. The van der Waals surface area contributed by atoms with Crippen molar-refractivity contribution in [2.24, 2.45) is 0 Å². The highest BCUT2D eigenvalue weighted by Crippen LogP contribution is 2.51. The number of halogens is 13. The Morgan fingerprint density at radius 2 is 1.23 bits per heavy atom. The Kier molecular flexibility index (Phi) is 9.54. The van der Waals surface area contributed by atoms with Gasteiger partial charge in [-0.2, -0.15) is 57.1 Å². The lowest BCUT2D eigenvalue weighted by molar-refractivity contribution is -0.359. The second-order valence-corrected chi connectivity index (χ2v) is 9.27. The van der Waals surface area contributed by atoms with Gasteiger partial charge in [-0.1, -0.05) is 36.4 Å². The van der Waals surface area contributed by atoms with Crippen LogP contribution < -0.4 is 9.64 Å². The summed E-state index contributed by atoms with van der Waals surface area (Å²) in [5.41, 5.74) is -3.21. The predicted octanol–water partition coefficient (Wildman–Crippen LogP) is 8.50. The molecule has 0 amide bonds. The first kappa shape index (κ1) is 33.8. The van der Waals surface area contributed by atoms with Crippen LogP contribution in [0.25, 0.3) is 0 Å². The number of benzene rings is 3. The number of hydrogen-bond donors (Lipinski definition) is 1. The fourth-order valence-corrected chi connectivity index (χ4v) is 3.79. The Balaban J connectivity index is 1.91. The lowest BCUT2D eigenvalue weighted by atomic mass is 9.99. The van der Waals surface area contributed by atoms with E-state index in [1.807, 2.05) is 0 Å². The van der Waals surface area contributed by atoms with Crippen molar-refractivity contribution in [3.05, 3.63) is 95.1 Å². The first-order chi connectivity index (χ1) is 19.6. The van der Waals surface area contributed by atoms with Crippen molar-refractivity contribution in [2.75, 3.05) is 11.4 Å². The number of aliphatic hydroxyl groups excluding tert-OH is 1. The molecule has 0 fully saturated rings. The lowest BCUT2D eigenvalue weighted by Gasteiger charge is -2.30. The highest BCUT2D eigenvalue weighted by Gasteiger charge is 2.73. The van der Waals surface area contributed by atoms with Crippen LogP contribution in [0.15, 0.2) is 72.8 Å². The van der Waals surface area contributed by atoms with Gasteiger partial charge in [0.2, 0.25) is 0 Å². The Labute approximate surface area is 235 Å². The van der Waals surface area contributed by atoms with E-state index in [1.54, 1.807) is 0 Å². The van der Waals surface area contributed by atoms with Crippen molar-refractivity contribution < 1.29 is 66.9 Å². The molecule has 0 aromatic heterocycles. The monoisotopic (exact) mass is 637 g/mol. The average molecular weight is 637 g/mol. The van der Waals surface area contributed by atoms with Crippen LogP contribution in [0.4, 0.5) is 62.8 Å². The maximum absolute atomic E-state index is 14.3. The predicted molar refractivity (Wildman–Crippen MR) is 127 cm³/mol. The van der Waals surface area contributed by atoms with Crippen LogP contribution in [0.1, 0.15) is 22.3 Å². The van der Waals surface area contributed by atoms with Gasteiger partial charge in [-0.05, 0) is 41.5 Å². The first-order valence-corrected chi connectivity index (χ1v) is 11.9. The minimum absolute atomic E-state index is 0.0773. The Bertz CT molecular complexity index is 1380. The summed E-state index contributed by atoms with van der Waals surface area (Å²) in [6.45, 7) is -2.44. The number of alkyl halides is 13. The fraction of sp³-hybridized carbons (Fsp3) is 0.333. The summed E-state index contributed by atoms with van der Waals surface area (Å²) in [6.07, 6.45) is -19.4. The summed E-state index contributed by atoms with van der Waals surface area (Å²) in [7, 11) is 0. The molecule has 0 saturated heterocycles. The third-order valence-electron chi connectivity index (χ3n) is 6.03. The van der Waals surface area contributed by atoms with Crippen LogP contribution in [-0.4, -0.2) is 36.0 Å². The molecule has 1 atom stereocenters. The van der Waals surface area contributed by atoms with Crippen LogP contribution in [0.5, 0.6) is 5.75 Å². The molecule has 0 aliphatic carbocycles. The van der Waals surface area contributed by atoms with Crippen molar-refractivity contribution in [1.29, 1.82) is 0 Å². The molecule has 43 heavy (non-hydrogen) atoms. The van der Waals surface area contributed by atoms with Gasteiger partial charge < -0.3 is 14.7 Å². The summed E-state index contributed by atoms with van der Waals surface area (Å²) in [6, 6.07) is 11.1. The lowest BCUT2D eigenvalue weighted by Crippen LogP contribution is -2.50. The first-order valence-electron chi connectivity index (χ1n) is 11.9.